The molecule has 6 nitrogen and oxygen atoms in total. The fraction of sp³-hybridized carbons (Fsp3) is 0.364. The van der Waals surface area contributed by atoms with Crippen molar-refractivity contribution >= 4 is 22.3 Å². The Morgan fingerprint density at radius 1 is 1.18 bits per heavy atom. The molecule has 0 unspecified atom stereocenters. The Bertz CT molecular complexity index is 1080. The average Bonchev–Trinajstić information content (AvgIpc) is 3.35. The molecule has 28 heavy (non-hydrogen) atoms. The van der Waals surface area contributed by atoms with Crippen LogP contribution >= 0.6 is 0 Å². The van der Waals surface area contributed by atoms with Gasteiger partial charge >= 0.3 is 0 Å². The average molecular weight is 376 g/mol. The molecule has 5 rings (SSSR count). The van der Waals surface area contributed by atoms with E-state index in [2.05, 4.69) is 39.0 Å². The minimum atomic E-state index is -0.0905. The predicted molar refractivity (Wildman–Crippen MR) is 111 cm³/mol. The molecule has 1 saturated heterocycles. The summed E-state index contributed by atoms with van der Waals surface area (Å²) in [7, 11) is 0. The fourth-order valence-electron chi connectivity index (χ4n) is 4.41. The van der Waals surface area contributed by atoms with Gasteiger partial charge < -0.3 is 19.9 Å². The lowest BCUT2D eigenvalue weighted by Crippen LogP contribution is -2.24. The van der Waals surface area contributed by atoms with Crippen molar-refractivity contribution in [3.63, 3.8) is 0 Å². The predicted octanol–water partition coefficient (Wildman–Crippen LogP) is 2.30. The van der Waals surface area contributed by atoms with E-state index in [0.717, 1.165) is 43.7 Å². The number of aliphatic hydroxyl groups is 1. The highest BCUT2D eigenvalue weighted by molar-refractivity contribution is 5.82. The Balaban J connectivity index is 1.42. The summed E-state index contributed by atoms with van der Waals surface area (Å²) in [4.78, 5) is 24.9. The maximum absolute atomic E-state index is 12.7. The van der Waals surface area contributed by atoms with Crippen molar-refractivity contribution in [1.29, 1.82) is 0 Å². The lowest BCUT2D eigenvalue weighted by molar-refractivity contribution is 0.238. The first-order valence-electron chi connectivity index (χ1n) is 9.93. The number of aromatic amines is 1. The van der Waals surface area contributed by atoms with Crippen LogP contribution in [-0.4, -0.2) is 41.3 Å². The number of nitrogens with zero attached hydrogens (tertiary/aromatic N) is 3. The molecule has 1 fully saturated rings. The summed E-state index contributed by atoms with van der Waals surface area (Å²) in [6.45, 7) is 3.51. The first-order chi connectivity index (χ1) is 13.7. The molecule has 0 saturated carbocycles. The number of nitrogens with one attached hydrogen (secondary N) is 1. The minimum Gasteiger partial charge on any atom is -0.396 e. The molecule has 1 aromatic heterocycles. The van der Waals surface area contributed by atoms with Crippen LogP contribution in [0.15, 0.2) is 47.3 Å². The zero-order valence-electron chi connectivity index (χ0n) is 15.8. The van der Waals surface area contributed by atoms with Gasteiger partial charge in [0.2, 0.25) is 0 Å². The second-order valence-electron chi connectivity index (χ2n) is 7.80. The Morgan fingerprint density at radius 2 is 2.07 bits per heavy atom. The van der Waals surface area contributed by atoms with Gasteiger partial charge in [-0.05, 0) is 42.7 Å². The van der Waals surface area contributed by atoms with Crippen molar-refractivity contribution in [3.8, 4) is 0 Å². The molecule has 0 bridgehead atoms. The Hall–Kier alpha value is -2.86. The van der Waals surface area contributed by atoms with Gasteiger partial charge in [0.05, 0.1) is 17.4 Å². The smallest absolute Gasteiger partial charge is 0.258 e. The Labute approximate surface area is 163 Å². The number of rotatable bonds is 4. The maximum atomic E-state index is 12.7. The SMILES string of the molecule is O=c1[nH]c(CN2CCc3ccccc32)nc2ccc(N3CC[C@H](CO)C3)cc12. The molecule has 2 N–H and O–H groups in total. The van der Waals surface area contributed by atoms with Gasteiger partial charge in [-0.15, -0.1) is 0 Å². The van der Waals surface area contributed by atoms with Gasteiger partial charge in [0.25, 0.3) is 5.56 Å². The van der Waals surface area contributed by atoms with E-state index < -0.39 is 0 Å². The number of hydrogen-bond acceptors (Lipinski definition) is 5. The highest BCUT2D eigenvalue weighted by Gasteiger charge is 2.23. The van der Waals surface area contributed by atoms with Crippen LogP contribution in [0.4, 0.5) is 11.4 Å². The van der Waals surface area contributed by atoms with E-state index in [1.165, 1.54) is 11.3 Å². The third-order valence-electron chi connectivity index (χ3n) is 5.97. The van der Waals surface area contributed by atoms with E-state index in [1.54, 1.807) is 0 Å². The molecule has 0 aliphatic carbocycles. The molecule has 0 radical (unpaired) electrons. The van der Waals surface area contributed by atoms with Crippen molar-refractivity contribution in [2.24, 2.45) is 5.92 Å². The summed E-state index contributed by atoms with van der Waals surface area (Å²) in [5, 5.41) is 9.98. The first-order valence-corrected chi connectivity index (χ1v) is 9.93. The molecular weight excluding hydrogens is 352 g/mol. The van der Waals surface area contributed by atoms with Crippen LogP contribution in [0.25, 0.3) is 10.9 Å². The summed E-state index contributed by atoms with van der Waals surface area (Å²) in [5.41, 5.74) is 4.24. The van der Waals surface area contributed by atoms with Gasteiger partial charge in [0.1, 0.15) is 5.82 Å². The van der Waals surface area contributed by atoms with Crippen LogP contribution in [0.1, 0.15) is 17.8 Å². The normalized spacial score (nSPS) is 18.8. The third kappa shape index (κ3) is 3.03. The van der Waals surface area contributed by atoms with Crippen LogP contribution in [-0.2, 0) is 13.0 Å². The highest BCUT2D eigenvalue weighted by Crippen LogP contribution is 2.29. The highest BCUT2D eigenvalue weighted by atomic mass is 16.3. The van der Waals surface area contributed by atoms with E-state index in [1.807, 2.05) is 18.2 Å². The van der Waals surface area contributed by atoms with Crippen LogP contribution in [0.5, 0.6) is 0 Å². The number of hydrogen-bond donors (Lipinski definition) is 2. The van der Waals surface area contributed by atoms with E-state index in [0.29, 0.717) is 23.7 Å². The number of aromatic nitrogens is 2. The molecule has 0 spiro atoms. The molecule has 2 aliphatic rings. The van der Waals surface area contributed by atoms with E-state index in [4.69, 9.17) is 4.98 Å². The van der Waals surface area contributed by atoms with Gasteiger partial charge in [0, 0.05) is 43.5 Å². The minimum absolute atomic E-state index is 0.0905. The van der Waals surface area contributed by atoms with Crippen molar-refractivity contribution in [1.82, 2.24) is 9.97 Å². The van der Waals surface area contributed by atoms with Crippen LogP contribution in [0.2, 0.25) is 0 Å². The third-order valence-corrected chi connectivity index (χ3v) is 5.97. The monoisotopic (exact) mass is 376 g/mol. The Morgan fingerprint density at radius 3 is 2.93 bits per heavy atom. The molecule has 1 atom stereocenters. The van der Waals surface area contributed by atoms with E-state index >= 15 is 0 Å². The van der Waals surface area contributed by atoms with Crippen molar-refractivity contribution in [3.05, 3.63) is 64.2 Å². The van der Waals surface area contributed by atoms with Gasteiger partial charge in [0.15, 0.2) is 0 Å². The molecule has 2 aliphatic heterocycles. The molecule has 6 heteroatoms. The van der Waals surface area contributed by atoms with E-state index in [9.17, 15) is 9.90 Å². The van der Waals surface area contributed by atoms with Gasteiger partial charge in [-0.2, -0.15) is 0 Å². The van der Waals surface area contributed by atoms with Crippen molar-refractivity contribution in [2.45, 2.75) is 19.4 Å². The number of aliphatic hydroxyl groups excluding tert-OH is 1. The fourth-order valence-corrected chi connectivity index (χ4v) is 4.41. The number of H-pyrrole nitrogens is 1. The maximum Gasteiger partial charge on any atom is 0.258 e. The molecule has 144 valence electrons. The largest absolute Gasteiger partial charge is 0.396 e. The molecule has 3 heterocycles. The topological polar surface area (TPSA) is 72.5 Å². The quantitative estimate of drug-likeness (QED) is 0.731. The van der Waals surface area contributed by atoms with Crippen LogP contribution in [0.3, 0.4) is 0 Å². The van der Waals surface area contributed by atoms with Crippen LogP contribution < -0.4 is 15.4 Å². The van der Waals surface area contributed by atoms with Gasteiger partial charge in [-0.1, -0.05) is 18.2 Å². The number of para-hydroxylation sites is 1. The summed E-state index contributed by atoms with van der Waals surface area (Å²) in [5.74, 6) is 1.02. The van der Waals surface area contributed by atoms with Crippen molar-refractivity contribution < 1.29 is 5.11 Å². The number of fused-ring (bicyclic) bond motifs is 2. The zero-order chi connectivity index (χ0) is 19.1. The molecule has 2 aromatic carbocycles. The molecular formula is C22H24N4O2. The molecule has 3 aromatic rings. The summed E-state index contributed by atoms with van der Waals surface area (Å²) < 4.78 is 0. The van der Waals surface area contributed by atoms with E-state index in [-0.39, 0.29) is 12.2 Å². The van der Waals surface area contributed by atoms with Gasteiger partial charge in [-0.25, -0.2) is 4.98 Å². The Kier molecular flexibility index (Phi) is 4.28. The number of benzene rings is 2. The second-order valence-corrected chi connectivity index (χ2v) is 7.80. The summed E-state index contributed by atoms with van der Waals surface area (Å²) in [6.07, 6.45) is 2.02. The van der Waals surface area contributed by atoms with Crippen molar-refractivity contribution in [2.75, 3.05) is 36.0 Å². The standard InChI is InChI=1S/C22H24N4O2/c27-14-15-7-9-25(12-15)17-5-6-19-18(11-17)22(28)24-21(23-19)13-26-10-8-16-3-1-2-4-20(16)26/h1-6,11,15,27H,7-10,12-14H2,(H,23,24,28)/t15-/m0/s1. The number of anilines is 2. The van der Waals surface area contributed by atoms with Gasteiger partial charge in [-0.3, -0.25) is 4.79 Å². The summed E-state index contributed by atoms with van der Waals surface area (Å²) >= 11 is 0. The lowest BCUT2D eigenvalue weighted by Gasteiger charge is -2.20. The summed E-state index contributed by atoms with van der Waals surface area (Å²) in [6, 6.07) is 14.3. The second kappa shape index (κ2) is 6.95. The first kappa shape index (κ1) is 17.3. The lowest BCUT2D eigenvalue weighted by atomic mass is 10.1. The zero-order valence-corrected chi connectivity index (χ0v) is 15.8. The van der Waals surface area contributed by atoms with Crippen LogP contribution in [0, 0.1) is 5.92 Å². The molecule has 0 amide bonds.